The van der Waals surface area contributed by atoms with Crippen LogP contribution in [0.3, 0.4) is 0 Å². The third-order valence-corrected chi connectivity index (χ3v) is 7.93. The fourth-order valence-electron chi connectivity index (χ4n) is 3.54. The molecule has 1 saturated heterocycles. The lowest BCUT2D eigenvalue weighted by Gasteiger charge is -2.17. The van der Waals surface area contributed by atoms with Crippen molar-refractivity contribution in [3.05, 3.63) is 63.9 Å². The van der Waals surface area contributed by atoms with Gasteiger partial charge in [-0.3, -0.25) is 9.36 Å². The minimum Gasteiger partial charge on any atom is -0.391 e. The second kappa shape index (κ2) is 7.02. The van der Waals surface area contributed by atoms with E-state index >= 15 is 0 Å². The van der Waals surface area contributed by atoms with Crippen molar-refractivity contribution in [1.29, 1.82) is 0 Å². The van der Waals surface area contributed by atoms with Gasteiger partial charge in [-0.1, -0.05) is 30.0 Å². The summed E-state index contributed by atoms with van der Waals surface area (Å²) in [5.41, 5.74) is 3.03. The first-order valence-electron chi connectivity index (χ1n) is 8.89. The van der Waals surface area contributed by atoms with E-state index in [-0.39, 0.29) is 17.1 Å². The van der Waals surface area contributed by atoms with E-state index in [1.54, 1.807) is 24.3 Å². The number of thioether (sulfide) groups is 1. The van der Waals surface area contributed by atoms with Gasteiger partial charge in [-0.05, 0) is 49.2 Å². The van der Waals surface area contributed by atoms with Crippen LogP contribution in [0, 0.1) is 13.8 Å². The van der Waals surface area contributed by atoms with Crippen molar-refractivity contribution in [3.8, 4) is 5.69 Å². The number of aliphatic hydroxyl groups excluding tert-OH is 1. The highest BCUT2D eigenvalue weighted by Gasteiger charge is 2.38. The number of hydrogen-bond donors (Lipinski definition) is 1. The predicted octanol–water partition coefficient (Wildman–Crippen LogP) is 2.25. The monoisotopic (exact) mass is 416 g/mol. The molecule has 3 aromatic rings. The number of nitrogens with zero attached hydrogens (tertiary/aromatic N) is 2. The molecule has 1 aliphatic heterocycles. The molecular weight excluding hydrogens is 396 g/mol. The first-order chi connectivity index (χ1) is 13.2. The lowest BCUT2D eigenvalue weighted by atomic mass is 10.1. The number of fused-ring (bicyclic) bond motifs is 1. The molecule has 0 spiro atoms. The number of sulfone groups is 1. The molecule has 0 bridgehead atoms. The molecule has 28 heavy (non-hydrogen) atoms. The molecule has 4 rings (SSSR count). The third kappa shape index (κ3) is 3.59. The van der Waals surface area contributed by atoms with Crippen molar-refractivity contribution in [2.24, 2.45) is 0 Å². The van der Waals surface area contributed by atoms with E-state index < -0.39 is 21.2 Å². The van der Waals surface area contributed by atoms with Gasteiger partial charge in [0.2, 0.25) is 0 Å². The Morgan fingerprint density at radius 1 is 1.11 bits per heavy atom. The summed E-state index contributed by atoms with van der Waals surface area (Å²) >= 11 is 1.15. The zero-order valence-corrected chi connectivity index (χ0v) is 17.1. The molecule has 2 atom stereocenters. The average molecular weight is 417 g/mol. The van der Waals surface area contributed by atoms with Crippen molar-refractivity contribution in [3.63, 3.8) is 0 Å². The summed E-state index contributed by atoms with van der Waals surface area (Å²) in [6.45, 7) is 3.91. The molecule has 0 unspecified atom stereocenters. The van der Waals surface area contributed by atoms with Gasteiger partial charge in [0.15, 0.2) is 15.0 Å². The largest absolute Gasteiger partial charge is 0.391 e. The van der Waals surface area contributed by atoms with Crippen molar-refractivity contribution in [1.82, 2.24) is 9.55 Å². The molecule has 0 amide bonds. The topological polar surface area (TPSA) is 89.3 Å². The minimum absolute atomic E-state index is 0.131. The Morgan fingerprint density at radius 3 is 2.43 bits per heavy atom. The average Bonchev–Trinajstić information content (AvgIpc) is 2.86. The Balaban J connectivity index is 1.92. The summed E-state index contributed by atoms with van der Waals surface area (Å²) in [6.07, 6.45) is -0.980. The van der Waals surface area contributed by atoms with Crippen LogP contribution in [0.25, 0.3) is 16.6 Å². The summed E-state index contributed by atoms with van der Waals surface area (Å²) < 4.78 is 25.3. The molecule has 6 nitrogen and oxygen atoms in total. The highest BCUT2D eigenvalue weighted by atomic mass is 32.2. The highest BCUT2D eigenvalue weighted by Crippen LogP contribution is 2.32. The summed E-state index contributed by atoms with van der Waals surface area (Å²) in [6, 6.07) is 12.9. The fraction of sp³-hybridized carbons (Fsp3) is 0.300. The van der Waals surface area contributed by atoms with Crippen molar-refractivity contribution >= 4 is 32.5 Å². The van der Waals surface area contributed by atoms with Crippen LogP contribution in [0.4, 0.5) is 0 Å². The van der Waals surface area contributed by atoms with Crippen LogP contribution >= 0.6 is 11.8 Å². The van der Waals surface area contributed by atoms with E-state index in [2.05, 4.69) is 4.98 Å². The van der Waals surface area contributed by atoms with Crippen LogP contribution in [-0.4, -0.2) is 45.9 Å². The van der Waals surface area contributed by atoms with E-state index in [0.717, 1.165) is 22.9 Å². The molecule has 1 fully saturated rings. The molecule has 2 aromatic carbocycles. The second-order valence-corrected chi connectivity index (χ2v) is 10.6. The number of para-hydroxylation sites is 1. The van der Waals surface area contributed by atoms with Crippen molar-refractivity contribution in [2.75, 3.05) is 11.5 Å². The number of aryl methyl sites for hydroxylation is 2. The van der Waals surface area contributed by atoms with Gasteiger partial charge in [0.1, 0.15) is 0 Å². The van der Waals surface area contributed by atoms with E-state index in [0.29, 0.717) is 21.7 Å². The van der Waals surface area contributed by atoms with Gasteiger partial charge in [0.05, 0.1) is 39.4 Å². The van der Waals surface area contributed by atoms with E-state index in [9.17, 15) is 18.3 Å². The van der Waals surface area contributed by atoms with Gasteiger partial charge < -0.3 is 5.11 Å². The maximum atomic E-state index is 13.3. The Labute approximate surface area is 167 Å². The normalized spacial score (nSPS) is 21.2. The molecule has 1 aliphatic rings. The molecule has 0 saturated carbocycles. The van der Waals surface area contributed by atoms with Crippen molar-refractivity contribution in [2.45, 2.75) is 30.4 Å². The van der Waals surface area contributed by atoms with Crippen molar-refractivity contribution < 1.29 is 13.5 Å². The van der Waals surface area contributed by atoms with Gasteiger partial charge in [-0.2, -0.15) is 0 Å². The molecule has 1 N–H and O–H groups in total. The van der Waals surface area contributed by atoms with Crippen LogP contribution in [0.2, 0.25) is 0 Å². The molecule has 2 heterocycles. The third-order valence-electron chi connectivity index (χ3n) is 4.74. The Hall–Kier alpha value is -2.16. The quantitative estimate of drug-likeness (QED) is 0.659. The zero-order valence-electron chi connectivity index (χ0n) is 15.5. The SMILES string of the molecule is Cc1cc(C)cc(-n2c(S[C@H]3CS(=O)(=O)C[C@H]3O)nc3ccccc3c2=O)c1. The second-order valence-electron chi connectivity index (χ2n) is 7.20. The van der Waals surface area contributed by atoms with Gasteiger partial charge >= 0.3 is 0 Å². The summed E-state index contributed by atoms with van der Waals surface area (Å²) in [5.74, 6) is -0.388. The summed E-state index contributed by atoms with van der Waals surface area (Å²) in [4.78, 5) is 17.9. The number of aliphatic hydroxyl groups is 1. The number of hydrogen-bond acceptors (Lipinski definition) is 6. The van der Waals surface area contributed by atoms with Crippen LogP contribution in [0.5, 0.6) is 0 Å². The zero-order chi connectivity index (χ0) is 20.1. The molecule has 146 valence electrons. The predicted molar refractivity (Wildman–Crippen MR) is 111 cm³/mol. The Bertz CT molecular complexity index is 1210. The van der Waals surface area contributed by atoms with Gasteiger partial charge in [-0.15, -0.1) is 0 Å². The molecule has 8 heteroatoms. The molecule has 0 radical (unpaired) electrons. The molecule has 0 aliphatic carbocycles. The lowest BCUT2D eigenvalue weighted by molar-refractivity contribution is 0.207. The van der Waals surface area contributed by atoms with Crippen LogP contribution < -0.4 is 5.56 Å². The summed E-state index contributed by atoms with van der Waals surface area (Å²) in [7, 11) is -3.29. The lowest BCUT2D eigenvalue weighted by Crippen LogP contribution is -2.25. The Morgan fingerprint density at radius 2 is 1.79 bits per heavy atom. The molecular formula is C20H20N2O4S2. The van der Waals surface area contributed by atoms with Gasteiger partial charge in [-0.25, -0.2) is 13.4 Å². The summed E-state index contributed by atoms with van der Waals surface area (Å²) in [5, 5.41) is 10.5. The standard InChI is InChI=1S/C20H20N2O4S2/c1-12-7-13(2)9-14(8-12)22-19(24)15-5-3-4-6-16(15)21-20(22)27-18-11-28(25,26)10-17(18)23/h3-9,17-18,23H,10-11H2,1-2H3/t17-,18+/m1/s1. The number of benzene rings is 2. The number of rotatable bonds is 3. The molecule has 1 aromatic heterocycles. The van der Waals surface area contributed by atoms with Gasteiger partial charge in [0.25, 0.3) is 5.56 Å². The maximum absolute atomic E-state index is 13.3. The van der Waals surface area contributed by atoms with E-state index in [1.807, 2.05) is 32.0 Å². The van der Waals surface area contributed by atoms with Crippen LogP contribution in [0.15, 0.2) is 52.4 Å². The van der Waals surface area contributed by atoms with Gasteiger partial charge in [0, 0.05) is 0 Å². The first-order valence-corrected chi connectivity index (χ1v) is 11.6. The van der Waals surface area contributed by atoms with E-state index in [1.165, 1.54) is 4.57 Å². The minimum atomic E-state index is -3.29. The van der Waals surface area contributed by atoms with E-state index in [4.69, 9.17) is 0 Å². The van der Waals surface area contributed by atoms with Crippen LogP contribution in [0.1, 0.15) is 11.1 Å². The maximum Gasteiger partial charge on any atom is 0.266 e. The Kier molecular flexibility index (Phi) is 4.81. The van der Waals surface area contributed by atoms with Crippen LogP contribution in [-0.2, 0) is 9.84 Å². The fourth-order valence-corrected chi connectivity index (χ4v) is 7.14. The number of aromatic nitrogens is 2. The first kappa shape index (κ1) is 19.2. The highest BCUT2D eigenvalue weighted by molar-refractivity contribution is 8.01. The smallest absolute Gasteiger partial charge is 0.266 e.